The molecule has 2 heterocycles. The first-order valence-corrected chi connectivity index (χ1v) is 5.21. The molecule has 1 aliphatic heterocycles. The van der Waals surface area contributed by atoms with E-state index in [4.69, 9.17) is 5.73 Å². The van der Waals surface area contributed by atoms with E-state index in [1.807, 2.05) is 18.0 Å². The molecular formula is C10H16N4O. The van der Waals surface area contributed by atoms with Crippen molar-refractivity contribution in [1.29, 1.82) is 0 Å². The molecule has 1 amide bonds. The van der Waals surface area contributed by atoms with Gasteiger partial charge in [0.2, 0.25) is 5.91 Å². The van der Waals surface area contributed by atoms with Crippen LogP contribution in [0.15, 0.2) is 12.4 Å². The van der Waals surface area contributed by atoms with Gasteiger partial charge in [0.25, 0.3) is 0 Å². The highest BCUT2D eigenvalue weighted by Gasteiger charge is 2.24. The Morgan fingerprint density at radius 2 is 2.47 bits per heavy atom. The Hall–Kier alpha value is -1.36. The molecule has 1 aromatic rings. The SMILES string of the molecule is CC(CN)C(=O)N1CCn2ccnc2C1. The predicted octanol–water partition coefficient (Wildman–Crippen LogP) is -0.180. The maximum atomic E-state index is 11.9. The first kappa shape index (κ1) is 10.2. The molecule has 0 bridgehead atoms. The number of carbonyl (C=O) groups is 1. The standard InChI is InChI=1S/C10H16N4O/c1-8(6-11)10(15)14-5-4-13-3-2-12-9(13)7-14/h2-3,8H,4-7,11H2,1H3. The number of amides is 1. The lowest BCUT2D eigenvalue weighted by molar-refractivity contribution is -0.136. The molecule has 1 aromatic heterocycles. The van der Waals surface area contributed by atoms with Gasteiger partial charge >= 0.3 is 0 Å². The average molecular weight is 208 g/mol. The molecule has 15 heavy (non-hydrogen) atoms. The Labute approximate surface area is 88.9 Å². The van der Waals surface area contributed by atoms with Gasteiger partial charge in [-0.25, -0.2) is 4.98 Å². The van der Waals surface area contributed by atoms with E-state index in [0.717, 1.165) is 18.9 Å². The van der Waals surface area contributed by atoms with E-state index < -0.39 is 0 Å². The predicted molar refractivity (Wildman–Crippen MR) is 55.9 cm³/mol. The van der Waals surface area contributed by atoms with E-state index in [1.54, 1.807) is 6.20 Å². The number of hydrogen-bond donors (Lipinski definition) is 1. The summed E-state index contributed by atoms with van der Waals surface area (Å²) in [5.41, 5.74) is 5.49. The van der Waals surface area contributed by atoms with E-state index in [9.17, 15) is 4.79 Å². The van der Waals surface area contributed by atoms with Crippen LogP contribution in [0.3, 0.4) is 0 Å². The van der Waals surface area contributed by atoms with Gasteiger partial charge in [0, 0.05) is 37.9 Å². The van der Waals surface area contributed by atoms with Crippen LogP contribution in [0, 0.1) is 5.92 Å². The Bertz CT molecular complexity index is 360. The lowest BCUT2D eigenvalue weighted by atomic mass is 10.1. The van der Waals surface area contributed by atoms with Gasteiger partial charge in [-0.05, 0) is 0 Å². The van der Waals surface area contributed by atoms with Crippen LogP contribution in [0.4, 0.5) is 0 Å². The van der Waals surface area contributed by atoms with Crippen molar-refractivity contribution in [2.45, 2.75) is 20.0 Å². The highest BCUT2D eigenvalue weighted by atomic mass is 16.2. The molecule has 0 spiro atoms. The summed E-state index contributed by atoms with van der Waals surface area (Å²) in [4.78, 5) is 17.9. The molecule has 2 N–H and O–H groups in total. The number of hydrogen-bond acceptors (Lipinski definition) is 3. The van der Waals surface area contributed by atoms with E-state index in [1.165, 1.54) is 0 Å². The Kier molecular flexibility index (Phi) is 2.73. The monoisotopic (exact) mass is 208 g/mol. The van der Waals surface area contributed by atoms with Crippen molar-refractivity contribution in [3.63, 3.8) is 0 Å². The van der Waals surface area contributed by atoms with Gasteiger partial charge in [0.1, 0.15) is 5.82 Å². The molecule has 0 aromatic carbocycles. The van der Waals surface area contributed by atoms with Crippen LogP contribution < -0.4 is 5.73 Å². The molecule has 0 fully saturated rings. The lowest BCUT2D eigenvalue weighted by Gasteiger charge is -2.29. The van der Waals surface area contributed by atoms with Crippen molar-refractivity contribution < 1.29 is 4.79 Å². The zero-order valence-corrected chi connectivity index (χ0v) is 8.89. The highest BCUT2D eigenvalue weighted by Crippen LogP contribution is 2.12. The third-order valence-electron chi connectivity index (χ3n) is 2.83. The number of nitrogens with zero attached hydrogens (tertiary/aromatic N) is 3. The maximum absolute atomic E-state index is 11.9. The number of imidazole rings is 1. The fourth-order valence-corrected chi connectivity index (χ4v) is 1.77. The Morgan fingerprint density at radius 1 is 1.67 bits per heavy atom. The summed E-state index contributed by atoms with van der Waals surface area (Å²) in [6.07, 6.45) is 3.72. The van der Waals surface area contributed by atoms with Gasteiger partial charge in [-0.2, -0.15) is 0 Å². The Balaban J connectivity index is 2.06. The first-order chi connectivity index (χ1) is 7.22. The summed E-state index contributed by atoms with van der Waals surface area (Å²) in [7, 11) is 0. The maximum Gasteiger partial charge on any atom is 0.227 e. The molecule has 1 aliphatic rings. The van der Waals surface area contributed by atoms with Gasteiger partial charge in [0.05, 0.1) is 6.54 Å². The lowest BCUT2D eigenvalue weighted by Crippen LogP contribution is -2.42. The molecule has 0 radical (unpaired) electrons. The molecule has 2 rings (SSSR count). The normalized spacial score (nSPS) is 17.3. The zero-order chi connectivity index (χ0) is 10.8. The number of nitrogens with two attached hydrogens (primary N) is 1. The van der Waals surface area contributed by atoms with Crippen molar-refractivity contribution in [1.82, 2.24) is 14.5 Å². The fraction of sp³-hybridized carbons (Fsp3) is 0.600. The van der Waals surface area contributed by atoms with Crippen LogP contribution in [-0.2, 0) is 17.9 Å². The Morgan fingerprint density at radius 3 is 3.20 bits per heavy atom. The number of fused-ring (bicyclic) bond motifs is 1. The number of carbonyl (C=O) groups excluding carboxylic acids is 1. The van der Waals surface area contributed by atoms with Crippen molar-refractivity contribution in [3.05, 3.63) is 18.2 Å². The van der Waals surface area contributed by atoms with E-state index in [2.05, 4.69) is 9.55 Å². The van der Waals surface area contributed by atoms with Gasteiger partial charge in [0.15, 0.2) is 0 Å². The molecular weight excluding hydrogens is 192 g/mol. The van der Waals surface area contributed by atoms with Crippen molar-refractivity contribution in [2.24, 2.45) is 11.7 Å². The van der Waals surface area contributed by atoms with E-state index in [-0.39, 0.29) is 11.8 Å². The van der Waals surface area contributed by atoms with Crippen LogP contribution in [0.2, 0.25) is 0 Å². The van der Waals surface area contributed by atoms with Gasteiger partial charge in [-0.3, -0.25) is 4.79 Å². The summed E-state index contributed by atoms with van der Waals surface area (Å²) in [5, 5.41) is 0. The van der Waals surface area contributed by atoms with Gasteiger partial charge in [-0.1, -0.05) is 6.92 Å². The second-order valence-corrected chi connectivity index (χ2v) is 3.93. The number of aromatic nitrogens is 2. The minimum absolute atomic E-state index is 0.0912. The van der Waals surface area contributed by atoms with E-state index in [0.29, 0.717) is 13.1 Å². The second kappa shape index (κ2) is 4.02. The smallest absolute Gasteiger partial charge is 0.227 e. The quantitative estimate of drug-likeness (QED) is 0.733. The summed E-state index contributed by atoms with van der Waals surface area (Å²) >= 11 is 0. The summed E-state index contributed by atoms with van der Waals surface area (Å²) in [6.45, 7) is 4.47. The first-order valence-electron chi connectivity index (χ1n) is 5.21. The van der Waals surface area contributed by atoms with Crippen LogP contribution in [0.25, 0.3) is 0 Å². The van der Waals surface area contributed by atoms with Crippen molar-refractivity contribution in [3.8, 4) is 0 Å². The molecule has 5 heteroatoms. The zero-order valence-electron chi connectivity index (χ0n) is 8.89. The summed E-state index contributed by atoms with van der Waals surface area (Å²) in [5.74, 6) is 0.997. The fourth-order valence-electron chi connectivity index (χ4n) is 1.77. The van der Waals surface area contributed by atoms with Crippen LogP contribution in [0.1, 0.15) is 12.7 Å². The van der Waals surface area contributed by atoms with Crippen LogP contribution in [0.5, 0.6) is 0 Å². The molecule has 0 aliphatic carbocycles. The van der Waals surface area contributed by atoms with Gasteiger partial charge < -0.3 is 15.2 Å². The third kappa shape index (κ3) is 1.87. The minimum atomic E-state index is -0.0912. The molecule has 5 nitrogen and oxygen atoms in total. The van der Waals surface area contributed by atoms with Crippen LogP contribution >= 0.6 is 0 Å². The van der Waals surface area contributed by atoms with Crippen molar-refractivity contribution in [2.75, 3.05) is 13.1 Å². The molecule has 0 saturated carbocycles. The van der Waals surface area contributed by atoms with Gasteiger partial charge in [-0.15, -0.1) is 0 Å². The minimum Gasteiger partial charge on any atom is -0.333 e. The molecule has 1 atom stereocenters. The number of rotatable bonds is 2. The van der Waals surface area contributed by atoms with E-state index >= 15 is 0 Å². The molecule has 0 saturated heterocycles. The average Bonchev–Trinajstić information content (AvgIpc) is 2.73. The summed E-state index contributed by atoms with van der Waals surface area (Å²) in [6, 6.07) is 0. The molecule has 1 unspecified atom stereocenters. The highest BCUT2D eigenvalue weighted by molar-refractivity contribution is 5.78. The largest absolute Gasteiger partial charge is 0.333 e. The van der Waals surface area contributed by atoms with Crippen LogP contribution in [-0.4, -0.2) is 33.4 Å². The topological polar surface area (TPSA) is 64.2 Å². The third-order valence-corrected chi connectivity index (χ3v) is 2.83. The second-order valence-electron chi connectivity index (χ2n) is 3.93. The molecule has 82 valence electrons. The summed E-state index contributed by atoms with van der Waals surface area (Å²) < 4.78 is 2.08. The van der Waals surface area contributed by atoms with Crippen molar-refractivity contribution >= 4 is 5.91 Å².